The SMILES string of the molecule is ClC/C=C/CN1CC2CC1CS2. The summed E-state index contributed by atoms with van der Waals surface area (Å²) in [5.74, 6) is 2.00. The van der Waals surface area contributed by atoms with Crippen molar-refractivity contribution in [1.82, 2.24) is 4.90 Å². The lowest BCUT2D eigenvalue weighted by atomic mass is 10.2. The van der Waals surface area contributed by atoms with Crippen LogP contribution in [0, 0.1) is 0 Å². The van der Waals surface area contributed by atoms with Crippen molar-refractivity contribution in [2.24, 2.45) is 0 Å². The van der Waals surface area contributed by atoms with Crippen molar-refractivity contribution in [1.29, 1.82) is 0 Å². The third-order valence-corrected chi connectivity index (χ3v) is 4.18. The molecule has 2 aliphatic heterocycles. The van der Waals surface area contributed by atoms with Crippen LogP contribution >= 0.6 is 23.4 Å². The fraction of sp³-hybridized carbons (Fsp3) is 0.778. The topological polar surface area (TPSA) is 3.24 Å². The molecule has 2 saturated heterocycles. The summed E-state index contributed by atoms with van der Waals surface area (Å²) >= 11 is 7.70. The lowest BCUT2D eigenvalue weighted by molar-refractivity contribution is 0.299. The molecule has 0 spiro atoms. The van der Waals surface area contributed by atoms with E-state index in [1.54, 1.807) is 0 Å². The van der Waals surface area contributed by atoms with Crippen LogP contribution in [0.4, 0.5) is 0 Å². The summed E-state index contributed by atoms with van der Waals surface area (Å²) in [5, 5.41) is 0.930. The van der Waals surface area contributed by atoms with E-state index in [9.17, 15) is 0 Å². The van der Waals surface area contributed by atoms with Crippen LogP contribution in [0.5, 0.6) is 0 Å². The quantitative estimate of drug-likeness (QED) is 0.510. The molecule has 2 atom stereocenters. The average molecular weight is 204 g/mol. The molecule has 2 fully saturated rings. The van der Waals surface area contributed by atoms with Gasteiger partial charge in [-0.05, 0) is 6.42 Å². The molecule has 3 heteroatoms. The van der Waals surface area contributed by atoms with Crippen LogP contribution in [-0.2, 0) is 0 Å². The molecule has 68 valence electrons. The Bertz CT molecular complexity index is 183. The zero-order valence-corrected chi connectivity index (χ0v) is 8.65. The Balaban J connectivity index is 1.79. The van der Waals surface area contributed by atoms with E-state index in [-0.39, 0.29) is 0 Å². The van der Waals surface area contributed by atoms with Gasteiger partial charge < -0.3 is 0 Å². The predicted octanol–water partition coefficient (Wildman–Crippen LogP) is 1.97. The van der Waals surface area contributed by atoms with Crippen molar-refractivity contribution in [2.45, 2.75) is 17.7 Å². The van der Waals surface area contributed by atoms with Gasteiger partial charge in [0.2, 0.25) is 0 Å². The van der Waals surface area contributed by atoms with Crippen molar-refractivity contribution in [3.8, 4) is 0 Å². The van der Waals surface area contributed by atoms with Gasteiger partial charge in [-0.15, -0.1) is 11.6 Å². The molecular formula is C9H14ClNS. The van der Waals surface area contributed by atoms with Crippen LogP contribution in [0.15, 0.2) is 12.2 Å². The number of thioether (sulfide) groups is 1. The summed E-state index contributed by atoms with van der Waals surface area (Å²) < 4.78 is 0. The number of likely N-dealkylation sites (tertiary alicyclic amines) is 1. The van der Waals surface area contributed by atoms with Gasteiger partial charge in [0.15, 0.2) is 0 Å². The van der Waals surface area contributed by atoms with Gasteiger partial charge in [0.1, 0.15) is 0 Å². The van der Waals surface area contributed by atoms with Gasteiger partial charge in [0.05, 0.1) is 0 Å². The molecule has 0 radical (unpaired) electrons. The Morgan fingerprint density at radius 1 is 1.50 bits per heavy atom. The predicted molar refractivity (Wildman–Crippen MR) is 56.1 cm³/mol. The maximum absolute atomic E-state index is 5.56. The van der Waals surface area contributed by atoms with Crippen LogP contribution < -0.4 is 0 Å². The van der Waals surface area contributed by atoms with Gasteiger partial charge in [-0.3, -0.25) is 4.90 Å². The molecule has 0 aromatic heterocycles. The molecule has 12 heavy (non-hydrogen) atoms. The Morgan fingerprint density at radius 2 is 2.42 bits per heavy atom. The van der Waals surface area contributed by atoms with Crippen molar-refractivity contribution in [3.05, 3.63) is 12.2 Å². The van der Waals surface area contributed by atoms with E-state index in [0.717, 1.165) is 17.8 Å². The molecule has 2 bridgehead atoms. The third kappa shape index (κ3) is 1.81. The fourth-order valence-electron chi connectivity index (χ4n) is 1.98. The van der Waals surface area contributed by atoms with Crippen molar-refractivity contribution in [3.63, 3.8) is 0 Å². The molecule has 0 aliphatic carbocycles. The second-order valence-electron chi connectivity index (χ2n) is 3.42. The highest BCUT2D eigenvalue weighted by Gasteiger charge is 2.37. The zero-order chi connectivity index (χ0) is 8.39. The Morgan fingerprint density at radius 3 is 3.00 bits per heavy atom. The highest BCUT2D eigenvalue weighted by molar-refractivity contribution is 8.00. The van der Waals surface area contributed by atoms with Gasteiger partial charge >= 0.3 is 0 Å². The minimum Gasteiger partial charge on any atom is -0.295 e. The number of hydrogen-bond donors (Lipinski definition) is 0. The third-order valence-electron chi connectivity index (χ3n) is 2.61. The number of alkyl halides is 1. The second-order valence-corrected chi connectivity index (χ2v) is 5.07. The van der Waals surface area contributed by atoms with E-state index < -0.39 is 0 Å². The summed E-state index contributed by atoms with van der Waals surface area (Å²) in [5.41, 5.74) is 0. The lowest BCUT2D eigenvalue weighted by Crippen LogP contribution is -2.33. The number of rotatable bonds is 3. The molecule has 2 heterocycles. The molecule has 0 aromatic rings. The summed E-state index contributed by atoms with van der Waals surface area (Å²) in [6, 6.07) is 0.861. The van der Waals surface area contributed by atoms with Crippen LogP contribution in [-0.4, -0.2) is 40.9 Å². The first-order chi connectivity index (χ1) is 5.90. The first-order valence-electron chi connectivity index (χ1n) is 4.47. The molecule has 2 unspecified atom stereocenters. The molecule has 2 rings (SSSR count). The Kier molecular flexibility index (Phi) is 3.00. The monoisotopic (exact) mass is 203 g/mol. The summed E-state index contributed by atoms with van der Waals surface area (Å²) in [6.07, 6.45) is 5.65. The first kappa shape index (κ1) is 8.92. The van der Waals surface area contributed by atoms with E-state index in [4.69, 9.17) is 11.6 Å². The van der Waals surface area contributed by atoms with Gasteiger partial charge in [0.25, 0.3) is 0 Å². The van der Waals surface area contributed by atoms with Gasteiger partial charge in [0, 0.05) is 36.0 Å². The largest absolute Gasteiger partial charge is 0.295 e. The van der Waals surface area contributed by atoms with E-state index in [2.05, 4.69) is 22.7 Å². The highest BCUT2D eigenvalue weighted by atomic mass is 35.5. The lowest BCUT2D eigenvalue weighted by Gasteiger charge is -2.24. The number of hydrogen-bond acceptors (Lipinski definition) is 2. The number of nitrogens with zero attached hydrogens (tertiary/aromatic N) is 1. The standard InChI is InChI=1S/C9H14ClNS/c10-3-1-2-4-11-6-9-5-8(11)7-12-9/h1-2,8-9H,3-7H2/b2-1+. The van der Waals surface area contributed by atoms with E-state index in [1.165, 1.54) is 18.7 Å². The zero-order valence-electron chi connectivity index (χ0n) is 7.08. The Labute approximate surface area is 83.1 Å². The molecular weight excluding hydrogens is 190 g/mol. The van der Waals surface area contributed by atoms with Gasteiger partial charge in [-0.2, -0.15) is 11.8 Å². The van der Waals surface area contributed by atoms with Crippen molar-refractivity contribution in [2.75, 3.05) is 24.7 Å². The average Bonchev–Trinajstić information content (AvgIpc) is 2.65. The maximum Gasteiger partial charge on any atom is 0.0404 e. The minimum absolute atomic E-state index is 0.649. The second kappa shape index (κ2) is 4.03. The summed E-state index contributed by atoms with van der Waals surface area (Å²) in [4.78, 5) is 2.57. The molecule has 0 N–H and O–H groups in total. The van der Waals surface area contributed by atoms with Gasteiger partial charge in [-0.1, -0.05) is 12.2 Å². The molecule has 2 aliphatic rings. The van der Waals surface area contributed by atoms with Crippen LogP contribution in [0.25, 0.3) is 0 Å². The molecule has 1 nitrogen and oxygen atoms in total. The smallest absolute Gasteiger partial charge is 0.0404 e. The van der Waals surface area contributed by atoms with Crippen LogP contribution in [0.1, 0.15) is 6.42 Å². The summed E-state index contributed by atoms with van der Waals surface area (Å²) in [6.45, 7) is 2.40. The van der Waals surface area contributed by atoms with Crippen LogP contribution in [0.2, 0.25) is 0 Å². The number of allylic oxidation sites excluding steroid dienone is 1. The highest BCUT2D eigenvalue weighted by Crippen LogP contribution is 2.36. The van der Waals surface area contributed by atoms with E-state index in [1.807, 2.05) is 6.08 Å². The van der Waals surface area contributed by atoms with Crippen molar-refractivity contribution < 1.29 is 0 Å². The molecule has 0 amide bonds. The van der Waals surface area contributed by atoms with Crippen molar-refractivity contribution >= 4 is 23.4 Å². The number of fused-ring (bicyclic) bond motifs is 2. The minimum atomic E-state index is 0.649. The van der Waals surface area contributed by atoms with E-state index in [0.29, 0.717) is 5.88 Å². The Hall–Kier alpha value is 0.340. The molecule has 0 saturated carbocycles. The summed E-state index contributed by atoms with van der Waals surface area (Å²) in [7, 11) is 0. The number of halogens is 1. The van der Waals surface area contributed by atoms with Gasteiger partial charge in [-0.25, -0.2) is 0 Å². The normalized spacial score (nSPS) is 35.4. The van der Waals surface area contributed by atoms with Crippen LogP contribution in [0.3, 0.4) is 0 Å². The van der Waals surface area contributed by atoms with E-state index >= 15 is 0 Å². The molecule has 0 aromatic carbocycles. The fourth-order valence-corrected chi connectivity index (χ4v) is 3.60. The first-order valence-corrected chi connectivity index (χ1v) is 6.05. The maximum atomic E-state index is 5.56.